The Hall–Kier alpha value is -2.22. The van der Waals surface area contributed by atoms with Gasteiger partial charge in [0.2, 0.25) is 0 Å². The second-order valence-corrected chi connectivity index (χ2v) is 7.43. The molecule has 2 heterocycles. The first-order chi connectivity index (χ1) is 12.8. The number of hydrogen-bond donors (Lipinski definition) is 4. The van der Waals surface area contributed by atoms with Crippen LogP contribution in [0.4, 0.5) is 0 Å². The SMILES string of the molecule is C=C(N)c1ccc(C2OC(C)(CO[P+](=O)Oc3ccccc3)C(O)C2O)[nH]1. The highest BCUT2D eigenvalue weighted by Gasteiger charge is 2.53. The van der Waals surface area contributed by atoms with E-state index in [2.05, 4.69) is 11.6 Å². The molecular formula is C18H22N2O6P+. The van der Waals surface area contributed by atoms with E-state index < -0.39 is 32.2 Å². The lowest BCUT2D eigenvalue weighted by Gasteiger charge is -2.24. The molecule has 5 unspecified atom stereocenters. The fourth-order valence-electron chi connectivity index (χ4n) is 2.86. The van der Waals surface area contributed by atoms with E-state index in [1.807, 2.05) is 0 Å². The lowest BCUT2D eigenvalue weighted by Crippen LogP contribution is -2.43. The van der Waals surface area contributed by atoms with Gasteiger partial charge in [0.15, 0.2) is 5.75 Å². The molecule has 27 heavy (non-hydrogen) atoms. The summed E-state index contributed by atoms with van der Waals surface area (Å²) in [6.07, 6.45) is -3.28. The van der Waals surface area contributed by atoms with Crippen LogP contribution in [0.3, 0.4) is 0 Å². The molecule has 9 heteroatoms. The van der Waals surface area contributed by atoms with Gasteiger partial charge in [-0.3, -0.25) is 0 Å². The Labute approximate surface area is 157 Å². The number of aromatic amines is 1. The predicted molar refractivity (Wildman–Crippen MR) is 98.9 cm³/mol. The highest BCUT2D eigenvalue weighted by molar-refractivity contribution is 7.33. The maximum absolute atomic E-state index is 12.0. The number of ether oxygens (including phenoxy) is 1. The average molecular weight is 393 g/mol. The summed E-state index contributed by atoms with van der Waals surface area (Å²) in [5.74, 6) is 0.399. The van der Waals surface area contributed by atoms with Crippen molar-refractivity contribution in [3.05, 3.63) is 60.4 Å². The molecule has 1 saturated heterocycles. The summed E-state index contributed by atoms with van der Waals surface area (Å²) >= 11 is 0. The quantitative estimate of drug-likeness (QED) is 0.531. The highest BCUT2D eigenvalue weighted by atomic mass is 31.1. The zero-order chi connectivity index (χ0) is 19.6. The number of para-hydroxylation sites is 1. The van der Waals surface area contributed by atoms with Crippen molar-refractivity contribution in [1.82, 2.24) is 4.98 Å². The second-order valence-electron chi connectivity index (χ2n) is 6.54. The highest BCUT2D eigenvalue weighted by Crippen LogP contribution is 2.41. The van der Waals surface area contributed by atoms with E-state index in [9.17, 15) is 14.8 Å². The number of aliphatic hydroxyl groups is 2. The molecule has 1 aromatic heterocycles. The van der Waals surface area contributed by atoms with E-state index in [1.54, 1.807) is 49.4 Å². The van der Waals surface area contributed by atoms with Gasteiger partial charge in [-0.1, -0.05) is 24.8 Å². The number of nitrogens with one attached hydrogen (secondary N) is 1. The molecule has 0 bridgehead atoms. The summed E-state index contributed by atoms with van der Waals surface area (Å²) < 4.78 is 28.3. The monoisotopic (exact) mass is 393 g/mol. The summed E-state index contributed by atoms with van der Waals surface area (Å²) in [7, 11) is -2.47. The standard InChI is InChI=1S/C18H22N2O6P/c1-11(19)13-8-9-14(20-13)16-15(21)17(22)18(2,25-16)10-24-27(23)26-12-6-4-3-5-7-12/h3-9,15-17,20-22H,1,10,19H2,2H3/q+1. The van der Waals surface area contributed by atoms with Crippen molar-refractivity contribution in [3.8, 4) is 5.75 Å². The summed E-state index contributed by atoms with van der Waals surface area (Å²) in [6, 6.07) is 12.0. The van der Waals surface area contributed by atoms with E-state index >= 15 is 0 Å². The number of aromatic nitrogens is 1. The molecule has 5 atom stereocenters. The van der Waals surface area contributed by atoms with Gasteiger partial charge in [-0.25, -0.2) is 4.52 Å². The maximum atomic E-state index is 12.0. The first-order valence-corrected chi connectivity index (χ1v) is 9.40. The van der Waals surface area contributed by atoms with Gasteiger partial charge < -0.3 is 25.7 Å². The van der Waals surface area contributed by atoms with Crippen LogP contribution in [-0.2, 0) is 13.8 Å². The Morgan fingerprint density at radius 3 is 2.67 bits per heavy atom. The molecule has 144 valence electrons. The van der Waals surface area contributed by atoms with E-state index in [0.717, 1.165) is 0 Å². The summed E-state index contributed by atoms with van der Waals surface area (Å²) in [5, 5.41) is 20.8. The minimum Gasteiger partial charge on any atom is -0.398 e. The lowest BCUT2D eigenvalue weighted by molar-refractivity contribution is -0.0945. The summed E-state index contributed by atoms with van der Waals surface area (Å²) in [6.45, 7) is 4.97. The molecule has 1 aliphatic heterocycles. The first kappa shape index (κ1) is 19.5. The largest absolute Gasteiger partial charge is 0.750 e. The van der Waals surface area contributed by atoms with Crippen LogP contribution in [0, 0.1) is 0 Å². The average Bonchev–Trinajstić information content (AvgIpc) is 3.21. The summed E-state index contributed by atoms with van der Waals surface area (Å²) in [4.78, 5) is 3.00. The Kier molecular flexibility index (Phi) is 5.64. The van der Waals surface area contributed by atoms with Crippen LogP contribution in [0.5, 0.6) is 5.75 Å². The normalized spacial score (nSPS) is 28.1. The fourth-order valence-corrected chi connectivity index (χ4v) is 3.57. The van der Waals surface area contributed by atoms with Crippen LogP contribution in [0.2, 0.25) is 0 Å². The van der Waals surface area contributed by atoms with Crippen molar-refractivity contribution in [3.63, 3.8) is 0 Å². The van der Waals surface area contributed by atoms with Gasteiger partial charge in [0, 0.05) is 16.0 Å². The van der Waals surface area contributed by atoms with E-state index in [-0.39, 0.29) is 6.61 Å². The van der Waals surface area contributed by atoms with Gasteiger partial charge in [0.25, 0.3) is 0 Å². The molecule has 5 N–H and O–H groups in total. The van der Waals surface area contributed by atoms with Gasteiger partial charge in [0.05, 0.1) is 5.69 Å². The van der Waals surface area contributed by atoms with Gasteiger partial charge in [-0.15, -0.1) is 4.52 Å². The molecule has 0 radical (unpaired) electrons. The molecule has 2 aromatic rings. The Balaban J connectivity index is 1.64. The molecule has 0 aliphatic carbocycles. The van der Waals surface area contributed by atoms with Crippen molar-refractivity contribution in [2.24, 2.45) is 5.73 Å². The third-order valence-corrected chi connectivity index (χ3v) is 5.10. The third kappa shape index (κ3) is 4.21. The zero-order valence-electron chi connectivity index (χ0n) is 14.7. The maximum Gasteiger partial charge on any atom is 0.750 e. The van der Waals surface area contributed by atoms with Crippen molar-refractivity contribution in [1.29, 1.82) is 0 Å². The fraction of sp³-hybridized carbons (Fsp3) is 0.333. The molecule has 1 fully saturated rings. The molecule has 0 spiro atoms. The lowest BCUT2D eigenvalue weighted by atomic mass is 9.97. The minimum atomic E-state index is -2.47. The zero-order valence-corrected chi connectivity index (χ0v) is 15.6. The molecule has 1 aromatic carbocycles. The number of aliphatic hydroxyl groups excluding tert-OH is 2. The van der Waals surface area contributed by atoms with Gasteiger partial charge in [-0.05, 0) is 31.2 Å². The van der Waals surface area contributed by atoms with Crippen LogP contribution < -0.4 is 10.3 Å². The Bertz CT molecular complexity index is 826. The topological polar surface area (TPSA) is 127 Å². The van der Waals surface area contributed by atoms with E-state index in [0.29, 0.717) is 22.8 Å². The number of nitrogens with two attached hydrogens (primary N) is 1. The van der Waals surface area contributed by atoms with Crippen molar-refractivity contribution in [2.45, 2.75) is 30.8 Å². The van der Waals surface area contributed by atoms with Crippen molar-refractivity contribution in [2.75, 3.05) is 6.61 Å². The van der Waals surface area contributed by atoms with E-state index in [1.165, 1.54) is 0 Å². The minimum absolute atomic E-state index is 0.235. The van der Waals surface area contributed by atoms with Crippen LogP contribution in [0.15, 0.2) is 49.0 Å². The summed E-state index contributed by atoms with van der Waals surface area (Å²) in [5.41, 5.74) is 5.84. The van der Waals surface area contributed by atoms with Crippen LogP contribution in [0.1, 0.15) is 24.4 Å². The van der Waals surface area contributed by atoms with Crippen LogP contribution in [0.25, 0.3) is 5.70 Å². The van der Waals surface area contributed by atoms with Gasteiger partial charge >= 0.3 is 8.25 Å². The van der Waals surface area contributed by atoms with Crippen LogP contribution in [-0.4, -0.2) is 39.6 Å². The Morgan fingerprint density at radius 2 is 2.04 bits per heavy atom. The van der Waals surface area contributed by atoms with Crippen LogP contribution >= 0.6 is 8.25 Å². The van der Waals surface area contributed by atoms with Crippen molar-refractivity contribution < 1.29 is 28.6 Å². The number of H-pyrrole nitrogens is 1. The first-order valence-electron chi connectivity index (χ1n) is 8.31. The molecule has 3 rings (SSSR count). The van der Waals surface area contributed by atoms with Gasteiger partial charge in [0.1, 0.15) is 30.5 Å². The molecule has 0 amide bonds. The third-order valence-electron chi connectivity index (χ3n) is 4.40. The molecule has 0 saturated carbocycles. The number of hydrogen-bond acceptors (Lipinski definition) is 7. The second kappa shape index (κ2) is 7.80. The molecular weight excluding hydrogens is 371 g/mol. The van der Waals surface area contributed by atoms with E-state index in [4.69, 9.17) is 19.5 Å². The molecule has 8 nitrogen and oxygen atoms in total. The number of benzene rings is 1. The van der Waals surface area contributed by atoms with Crippen molar-refractivity contribution >= 4 is 14.0 Å². The Morgan fingerprint density at radius 1 is 1.33 bits per heavy atom. The smallest absolute Gasteiger partial charge is 0.398 e. The molecule has 1 aliphatic rings. The predicted octanol–water partition coefficient (Wildman–Crippen LogP) is 2.25. The number of rotatable bonds is 7. The van der Waals surface area contributed by atoms with Gasteiger partial charge in [-0.2, -0.15) is 0 Å².